The average molecular weight is 607 g/mol. The van der Waals surface area contributed by atoms with Crippen LogP contribution in [0.4, 0.5) is 0 Å². The van der Waals surface area contributed by atoms with E-state index in [1.54, 1.807) is 25.2 Å². The van der Waals surface area contributed by atoms with Gasteiger partial charge in [-0.25, -0.2) is 9.78 Å². The van der Waals surface area contributed by atoms with E-state index in [0.29, 0.717) is 67.3 Å². The fourth-order valence-corrected chi connectivity index (χ4v) is 5.13. The predicted octanol–water partition coefficient (Wildman–Crippen LogP) is 3.65. The molecule has 2 aliphatic heterocycles. The minimum absolute atomic E-state index is 0.108. The van der Waals surface area contributed by atoms with Gasteiger partial charge in [-0.3, -0.25) is 14.5 Å². The normalized spacial score (nSPS) is 19.6. The summed E-state index contributed by atoms with van der Waals surface area (Å²) in [7, 11) is 2.88. The Balaban J connectivity index is 1.37. The molecule has 0 radical (unpaired) electrons. The molecule has 0 unspecified atom stereocenters. The number of carbonyl (C=O) groups excluding carboxylic acids is 3. The first-order valence-corrected chi connectivity index (χ1v) is 14.6. The molecule has 12 nitrogen and oxygen atoms in total. The fraction of sp³-hybridized carbons (Fsp3) is 0.438. The maximum atomic E-state index is 13.4. The summed E-state index contributed by atoms with van der Waals surface area (Å²) < 4.78 is 28.7. The van der Waals surface area contributed by atoms with E-state index in [4.69, 9.17) is 23.4 Å². The zero-order chi connectivity index (χ0) is 31.2. The van der Waals surface area contributed by atoms with Gasteiger partial charge in [0.1, 0.15) is 23.5 Å². The van der Waals surface area contributed by atoms with Gasteiger partial charge in [0.15, 0.2) is 5.69 Å². The number of amides is 2. The number of ether oxygens (including phenoxy) is 4. The van der Waals surface area contributed by atoms with E-state index in [0.717, 1.165) is 5.56 Å². The van der Waals surface area contributed by atoms with Crippen LogP contribution in [0.5, 0.6) is 17.2 Å². The zero-order valence-corrected chi connectivity index (χ0v) is 25.4. The molecule has 2 aliphatic rings. The quantitative estimate of drug-likeness (QED) is 0.415. The third-order valence-corrected chi connectivity index (χ3v) is 7.33. The number of carbonyl (C=O) groups is 3. The average Bonchev–Trinajstić information content (AvgIpc) is 3.47. The number of nitrogens with zero attached hydrogens (tertiary/aromatic N) is 3. The number of oxazole rings is 1. The number of likely N-dealkylation sites (tertiary alicyclic amines) is 1. The summed E-state index contributed by atoms with van der Waals surface area (Å²) in [5.41, 5.74) is 1.35. The van der Waals surface area contributed by atoms with Crippen LogP contribution in [0.15, 0.2) is 53.1 Å². The van der Waals surface area contributed by atoms with Crippen LogP contribution in [0.25, 0.3) is 0 Å². The van der Waals surface area contributed by atoms with Crippen LogP contribution in [-0.2, 0) is 27.4 Å². The van der Waals surface area contributed by atoms with Gasteiger partial charge >= 0.3 is 5.97 Å². The van der Waals surface area contributed by atoms with Crippen molar-refractivity contribution in [1.82, 2.24) is 20.1 Å². The van der Waals surface area contributed by atoms with Crippen LogP contribution >= 0.6 is 0 Å². The van der Waals surface area contributed by atoms with E-state index in [1.165, 1.54) is 18.3 Å². The largest absolute Gasteiger partial charge is 0.493 e. The third-order valence-electron chi connectivity index (χ3n) is 7.33. The van der Waals surface area contributed by atoms with Crippen LogP contribution in [0.1, 0.15) is 52.6 Å². The van der Waals surface area contributed by atoms with Gasteiger partial charge in [0.05, 0.1) is 45.6 Å². The fourth-order valence-electron chi connectivity index (χ4n) is 5.13. The molecule has 1 aromatic heterocycles. The number of esters is 1. The third kappa shape index (κ3) is 7.94. The van der Waals surface area contributed by atoms with E-state index in [1.807, 2.05) is 38.1 Å². The van der Waals surface area contributed by atoms with Crippen LogP contribution in [-0.4, -0.2) is 85.1 Å². The number of hydrogen-bond acceptors (Lipinski definition) is 10. The first kappa shape index (κ1) is 31.0. The Labute approximate surface area is 256 Å². The van der Waals surface area contributed by atoms with Gasteiger partial charge in [-0.1, -0.05) is 26.0 Å². The number of benzene rings is 2. The molecular weight excluding hydrogens is 568 g/mol. The Morgan fingerprint density at radius 3 is 2.80 bits per heavy atom. The van der Waals surface area contributed by atoms with Gasteiger partial charge < -0.3 is 33.6 Å². The molecule has 3 heterocycles. The van der Waals surface area contributed by atoms with Crippen LogP contribution in [0.3, 0.4) is 0 Å². The molecule has 0 aliphatic carbocycles. The summed E-state index contributed by atoms with van der Waals surface area (Å²) in [5, 5.41) is 3.09. The first-order chi connectivity index (χ1) is 21.2. The van der Waals surface area contributed by atoms with Gasteiger partial charge in [-0.05, 0) is 42.2 Å². The summed E-state index contributed by atoms with van der Waals surface area (Å²) >= 11 is 0. The van der Waals surface area contributed by atoms with E-state index in [-0.39, 0.29) is 42.8 Å². The van der Waals surface area contributed by atoms with E-state index in [2.05, 4.69) is 15.2 Å². The number of hydrogen-bond donors (Lipinski definition) is 1. The molecule has 0 spiro atoms. The summed E-state index contributed by atoms with van der Waals surface area (Å²) in [6, 6.07) is 12.3. The molecule has 234 valence electrons. The Bertz CT molecular complexity index is 1490. The van der Waals surface area contributed by atoms with Crippen molar-refractivity contribution in [1.29, 1.82) is 0 Å². The number of aromatic nitrogens is 1. The highest BCUT2D eigenvalue weighted by atomic mass is 16.5. The molecule has 1 saturated heterocycles. The first-order valence-electron chi connectivity index (χ1n) is 14.6. The molecule has 44 heavy (non-hydrogen) atoms. The molecule has 12 heteroatoms. The lowest BCUT2D eigenvalue weighted by atomic mass is 10.0. The van der Waals surface area contributed by atoms with Crippen molar-refractivity contribution in [2.24, 2.45) is 5.92 Å². The standard InChI is InChI=1S/C32H38N4O8/c1-20(2)17-41-24-11-22-12-25(13-24)44-23-7-5-6-21(10-23)18-42-28-14-36(16-30-34-27(19-43-30)32(39)40-4)9-8-26(28)33-29(37)15-35(3)31(22)38/h5-7,10-13,19-20,26,28H,8-9,14-18H2,1-4H3,(H,33,37)/t26-,28-/m0/s1. The molecule has 0 saturated carbocycles. The number of likely N-dealkylation sites (N-methyl/N-ethyl adjacent to an activating group) is 1. The smallest absolute Gasteiger partial charge is 0.360 e. The summed E-state index contributed by atoms with van der Waals surface area (Å²) in [4.78, 5) is 46.1. The van der Waals surface area contributed by atoms with Gasteiger partial charge in [0.2, 0.25) is 11.8 Å². The lowest BCUT2D eigenvalue weighted by molar-refractivity contribution is -0.125. The van der Waals surface area contributed by atoms with Gasteiger partial charge in [0, 0.05) is 31.8 Å². The minimum atomic E-state index is -0.566. The van der Waals surface area contributed by atoms with Crippen molar-refractivity contribution < 1.29 is 37.7 Å². The van der Waals surface area contributed by atoms with Crippen molar-refractivity contribution >= 4 is 17.8 Å². The van der Waals surface area contributed by atoms with Crippen molar-refractivity contribution in [3.63, 3.8) is 0 Å². The van der Waals surface area contributed by atoms with Crippen LogP contribution in [0.2, 0.25) is 0 Å². The second-order valence-corrected chi connectivity index (χ2v) is 11.5. The second kappa shape index (κ2) is 13.9. The van der Waals surface area contributed by atoms with Crippen molar-refractivity contribution in [3.05, 3.63) is 71.4 Å². The Morgan fingerprint density at radius 1 is 1.16 bits per heavy atom. The summed E-state index contributed by atoms with van der Waals surface area (Å²) in [6.45, 7) is 6.19. The predicted molar refractivity (Wildman–Crippen MR) is 158 cm³/mol. The number of piperidine rings is 1. The molecule has 3 aromatic rings. The lowest BCUT2D eigenvalue weighted by Crippen LogP contribution is -2.56. The maximum Gasteiger partial charge on any atom is 0.360 e. The molecule has 2 amide bonds. The van der Waals surface area contributed by atoms with Crippen molar-refractivity contribution in [2.45, 2.75) is 45.6 Å². The Hall–Kier alpha value is -4.42. The number of methoxy groups -OCH3 is 1. The highest BCUT2D eigenvalue weighted by Gasteiger charge is 2.32. The molecule has 4 bridgehead atoms. The SMILES string of the molecule is COC(=O)c1coc(CN2CC[C@@H]3NC(=O)CN(C)C(=O)c4cc(OCC(C)C)cc(c4)Oc4cccc(c4)CO[C@H]3C2)n1. The maximum absolute atomic E-state index is 13.4. The Kier molecular flexibility index (Phi) is 9.81. The molecule has 2 aromatic carbocycles. The zero-order valence-electron chi connectivity index (χ0n) is 25.4. The highest BCUT2D eigenvalue weighted by molar-refractivity contribution is 5.97. The Morgan fingerprint density at radius 2 is 2.00 bits per heavy atom. The van der Waals surface area contributed by atoms with Crippen LogP contribution in [0, 0.1) is 5.92 Å². The molecule has 2 atom stereocenters. The molecular formula is C32H38N4O8. The number of rotatable bonds is 6. The van der Waals surface area contributed by atoms with Gasteiger partial charge in [0.25, 0.3) is 5.91 Å². The van der Waals surface area contributed by atoms with Crippen LogP contribution < -0.4 is 14.8 Å². The van der Waals surface area contributed by atoms with E-state index in [9.17, 15) is 14.4 Å². The minimum Gasteiger partial charge on any atom is -0.493 e. The lowest BCUT2D eigenvalue weighted by Gasteiger charge is -2.38. The van der Waals surface area contributed by atoms with E-state index >= 15 is 0 Å². The molecule has 5 rings (SSSR count). The van der Waals surface area contributed by atoms with Gasteiger partial charge in [-0.15, -0.1) is 0 Å². The van der Waals surface area contributed by atoms with Crippen molar-refractivity contribution in [2.75, 3.05) is 40.4 Å². The number of nitrogens with one attached hydrogen (secondary N) is 1. The summed E-state index contributed by atoms with van der Waals surface area (Å²) in [6.07, 6.45) is 1.51. The topological polar surface area (TPSA) is 133 Å². The van der Waals surface area contributed by atoms with Gasteiger partial charge in [-0.2, -0.15) is 0 Å². The van der Waals surface area contributed by atoms with Crippen molar-refractivity contribution in [3.8, 4) is 17.2 Å². The second-order valence-electron chi connectivity index (χ2n) is 11.5. The molecule has 1 fully saturated rings. The molecule has 1 N–H and O–H groups in total. The monoisotopic (exact) mass is 606 g/mol. The summed E-state index contributed by atoms with van der Waals surface area (Å²) in [5.74, 6) is 1.04. The highest BCUT2D eigenvalue weighted by Crippen LogP contribution is 2.30. The van der Waals surface area contributed by atoms with E-state index < -0.39 is 5.97 Å². The number of fused-ring (bicyclic) bond motifs is 5.